The van der Waals surface area contributed by atoms with Gasteiger partial charge in [0.2, 0.25) is 22.7 Å². The molecule has 0 saturated carbocycles. The Morgan fingerprint density at radius 2 is 1.95 bits per heavy atom. The standard InChI is InChI=1S/C14H20N2O5S/c1-4-16(14(17)9-15(2)22(3,18)19)8-11-5-6-12-13(7-11)21-10-20-12/h5-7H,4,8-10H2,1-3H3. The smallest absolute Gasteiger partial charge is 0.238 e. The zero-order chi connectivity index (χ0) is 16.3. The topological polar surface area (TPSA) is 76.2 Å². The van der Waals surface area contributed by atoms with Gasteiger partial charge in [-0.15, -0.1) is 0 Å². The lowest BCUT2D eigenvalue weighted by Gasteiger charge is -2.23. The average molecular weight is 328 g/mol. The lowest BCUT2D eigenvalue weighted by atomic mass is 10.2. The fraction of sp³-hybridized carbons (Fsp3) is 0.500. The van der Waals surface area contributed by atoms with Crippen LogP contribution in [0, 0.1) is 0 Å². The second-order valence-corrected chi connectivity index (χ2v) is 7.20. The number of sulfonamides is 1. The highest BCUT2D eigenvalue weighted by Gasteiger charge is 2.20. The van der Waals surface area contributed by atoms with E-state index in [1.165, 1.54) is 7.05 Å². The molecule has 1 heterocycles. The molecule has 22 heavy (non-hydrogen) atoms. The van der Waals surface area contributed by atoms with Gasteiger partial charge in [0.25, 0.3) is 0 Å². The first-order valence-electron chi connectivity index (χ1n) is 6.89. The molecule has 1 amide bonds. The van der Waals surface area contributed by atoms with Crippen molar-refractivity contribution in [3.8, 4) is 11.5 Å². The number of carbonyl (C=O) groups excluding carboxylic acids is 1. The number of likely N-dealkylation sites (N-methyl/N-ethyl adjacent to an activating group) is 2. The zero-order valence-electron chi connectivity index (χ0n) is 12.9. The number of benzene rings is 1. The van der Waals surface area contributed by atoms with Crippen molar-refractivity contribution >= 4 is 15.9 Å². The molecule has 1 aromatic carbocycles. The first kappa shape index (κ1) is 16.6. The van der Waals surface area contributed by atoms with Gasteiger partial charge in [-0.05, 0) is 24.6 Å². The highest BCUT2D eigenvalue weighted by atomic mass is 32.2. The van der Waals surface area contributed by atoms with Crippen molar-refractivity contribution in [2.45, 2.75) is 13.5 Å². The van der Waals surface area contributed by atoms with Gasteiger partial charge in [-0.3, -0.25) is 4.79 Å². The van der Waals surface area contributed by atoms with Crippen molar-refractivity contribution in [2.75, 3.05) is 33.2 Å². The summed E-state index contributed by atoms with van der Waals surface area (Å²) in [6.07, 6.45) is 1.08. The molecule has 0 fully saturated rings. The minimum Gasteiger partial charge on any atom is -0.454 e. The molecule has 0 atom stereocenters. The lowest BCUT2D eigenvalue weighted by Crippen LogP contribution is -2.40. The molecule has 0 saturated heterocycles. The summed E-state index contributed by atoms with van der Waals surface area (Å²) in [4.78, 5) is 13.8. The zero-order valence-corrected chi connectivity index (χ0v) is 13.7. The van der Waals surface area contributed by atoms with E-state index in [4.69, 9.17) is 9.47 Å². The highest BCUT2D eigenvalue weighted by molar-refractivity contribution is 7.88. The van der Waals surface area contributed by atoms with Crippen molar-refractivity contribution in [1.29, 1.82) is 0 Å². The fourth-order valence-electron chi connectivity index (χ4n) is 2.04. The van der Waals surface area contributed by atoms with E-state index >= 15 is 0 Å². The first-order valence-corrected chi connectivity index (χ1v) is 8.73. The number of fused-ring (bicyclic) bond motifs is 1. The van der Waals surface area contributed by atoms with Crippen LogP contribution in [-0.4, -0.2) is 56.7 Å². The molecular weight excluding hydrogens is 308 g/mol. The largest absolute Gasteiger partial charge is 0.454 e. The maximum Gasteiger partial charge on any atom is 0.238 e. The number of rotatable bonds is 6. The minimum atomic E-state index is -3.37. The van der Waals surface area contributed by atoms with E-state index in [0.717, 1.165) is 16.1 Å². The number of nitrogens with zero attached hydrogens (tertiary/aromatic N) is 2. The minimum absolute atomic E-state index is 0.169. The van der Waals surface area contributed by atoms with E-state index in [2.05, 4.69) is 0 Å². The normalized spacial score (nSPS) is 13.5. The van der Waals surface area contributed by atoms with Crippen molar-refractivity contribution in [1.82, 2.24) is 9.21 Å². The molecule has 0 bridgehead atoms. The van der Waals surface area contributed by atoms with Gasteiger partial charge in [0.05, 0.1) is 12.8 Å². The number of hydrogen-bond donors (Lipinski definition) is 0. The number of hydrogen-bond acceptors (Lipinski definition) is 5. The van der Waals surface area contributed by atoms with Gasteiger partial charge in [0, 0.05) is 20.1 Å². The molecule has 0 aromatic heterocycles. The summed E-state index contributed by atoms with van der Waals surface area (Å²) in [6.45, 7) is 2.77. The molecule has 1 aromatic rings. The molecule has 0 spiro atoms. The van der Waals surface area contributed by atoms with Crippen LogP contribution in [0.3, 0.4) is 0 Å². The Morgan fingerprint density at radius 1 is 1.27 bits per heavy atom. The van der Waals surface area contributed by atoms with E-state index < -0.39 is 10.0 Å². The monoisotopic (exact) mass is 328 g/mol. The molecule has 122 valence electrons. The van der Waals surface area contributed by atoms with Gasteiger partial charge >= 0.3 is 0 Å². The summed E-state index contributed by atoms with van der Waals surface area (Å²) in [5.41, 5.74) is 0.904. The maximum absolute atomic E-state index is 12.2. The summed E-state index contributed by atoms with van der Waals surface area (Å²) in [5, 5.41) is 0. The Balaban J connectivity index is 2.04. The van der Waals surface area contributed by atoms with Crippen molar-refractivity contribution < 1.29 is 22.7 Å². The van der Waals surface area contributed by atoms with Gasteiger partial charge in [0.15, 0.2) is 11.5 Å². The van der Waals surface area contributed by atoms with Gasteiger partial charge in [-0.2, -0.15) is 4.31 Å². The van der Waals surface area contributed by atoms with Gasteiger partial charge in [0.1, 0.15) is 0 Å². The Labute approximate surface area is 130 Å². The Hall–Kier alpha value is -1.80. The third kappa shape index (κ3) is 3.89. The van der Waals surface area contributed by atoms with E-state index in [1.807, 2.05) is 19.1 Å². The van der Waals surface area contributed by atoms with E-state index in [-0.39, 0.29) is 19.2 Å². The summed E-state index contributed by atoms with van der Waals surface area (Å²) in [6, 6.07) is 5.50. The summed E-state index contributed by atoms with van der Waals surface area (Å²) in [7, 11) is -1.98. The van der Waals surface area contributed by atoms with Crippen LogP contribution < -0.4 is 9.47 Å². The molecule has 1 aliphatic rings. The SMILES string of the molecule is CCN(Cc1ccc2c(c1)OCO2)C(=O)CN(C)S(C)(=O)=O. The van der Waals surface area contributed by atoms with Gasteiger partial charge < -0.3 is 14.4 Å². The van der Waals surface area contributed by atoms with Gasteiger partial charge in [-0.1, -0.05) is 6.07 Å². The predicted octanol–water partition coefficient (Wildman–Crippen LogP) is 0.655. The Bertz CT molecular complexity index is 659. The molecule has 2 rings (SSSR count). The second-order valence-electron chi connectivity index (χ2n) is 5.11. The summed E-state index contributed by atoms with van der Waals surface area (Å²) >= 11 is 0. The molecule has 1 aliphatic heterocycles. The summed E-state index contributed by atoms with van der Waals surface area (Å²) < 4.78 is 34.4. The fourth-order valence-corrected chi connectivity index (χ4v) is 2.39. The molecule has 8 heteroatoms. The molecular formula is C14H20N2O5S. The van der Waals surface area contributed by atoms with Crippen LogP contribution in [0.2, 0.25) is 0 Å². The number of amides is 1. The Kier molecular flexibility index (Phi) is 4.92. The van der Waals surface area contributed by atoms with Gasteiger partial charge in [-0.25, -0.2) is 8.42 Å². The van der Waals surface area contributed by atoms with Crippen LogP contribution in [0.25, 0.3) is 0 Å². The van der Waals surface area contributed by atoms with Crippen molar-refractivity contribution in [3.05, 3.63) is 23.8 Å². The molecule has 0 N–H and O–H groups in total. The number of ether oxygens (including phenoxy) is 2. The lowest BCUT2D eigenvalue weighted by molar-refractivity contribution is -0.131. The van der Waals surface area contributed by atoms with E-state index in [0.29, 0.717) is 24.6 Å². The Morgan fingerprint density at radius 3 is 2.59 bits per heavy atom. The predicted molar refractivity (Wildman–Crippen MR) is 81.1 cm³/mol. The molecule has 0 unspecified atom stereocenters. The third-order valence-electron chi connectivity index (χ3n) is 3.47. The molecule has 0 aliphatic carbocycles. The van der Waals surface area contributed by atoms with Crippen molar-refractivity contribution in [2.24, 2.45) is 0 Å². The quantitative estimate of drug-likeness (QED) is 0.766. The van der Waals surface area contributed by atoms with Crippen LogP contribution >= 0.6 is 0 Å². The van der Waals surface area contributed by atoms with Crippen molar-refractivity contribution in [3.63, 3.8) is 0 Å². The van der Waals surface area contributed by atoms with E-state index in [9.17, 15) is 13.2 Å². The third-order valence-corrected chi connectivity index (χ3v) is 4.73. The molecule has 7 nitrogen and oxygen atoms in total. The van der Waals surface area contributed by atoms with Crippen LogP contribution in [0.5, 0.6) is 11.5 Å². The second kappa shape index (κ2) is 6.53. The summed E-state index contributed by atoms with van der Waals surface area (Å²) in [5.74, 6) is 1.11. The van der Waals surface area contributed by atoms with Crippen LogP contribution in [0.1, 0.15) is 12.5 Å². The van der Waals surface area contributed by atoms with E-state index in [1.54, 1.807) is 11.0 Å². The van der Waals surface area contributed by atoms with Crippen LogP contribution in [0.4, 0.5) is 0 Å². The number of carbonyl (C=O) groups is 1. The maximum atomic E-state index is 12.2. The highest BCUT2D eigenvalue weighted by Crippen LogP contribution is 2.32. The first-order chi connectivity index (χ1) is 10.3. The van der Waals surface area contributed by atoms with Crippen LogP contribution in [0.15, 0.2) is 18.2 Å². The average Bonchev–Trinajstić information content (AvgIpc) is 2.90. The van der Waals surface area contributed by atoms with Crippen LogP contribution in [-0.2, 0) is 21.4 Å². The molecule has 0 radical (unpaired) electrons.